The maximum atomic E-state index is 4.88. The van der Waals surface area contributed by atoms with E-state index in [0.29, 0.717) is 6.61 Å². The van der Waals surface area contributed by atoms with Crippen LogP contribution in [-0.4, -0.2) is 31.6 Å². The lowest BCUT2D eigenvalue weighted by Gasteiger charge is -1.91. The molecule has 0 radical (unpaired) electrons. The number of nitrogens with zero attached hydrogens (tertiary/aromatic N) is 1. The van der Waals surface area contributed by atoms with Crippen molar-refractivity contribution < 1.29 is 4.74 Å². The molecule has 0 N–H and O–H groups in total. The van der Waals surface area contributed by atoms with Crippen molar-refractivity contribution in [2.24, 2.45) is 4.99 Å². The highest BCUT2D eigenvalue weighted by Crippen LogP contribution is 1.88. The van der Waals surface area contributed by atoms with Gasteiger partial charge >= 0.3 is 0 Å². The predicted molar refractivity (Wildman–Crippen MR) is 43.4 cm³/mol. The quantitative estimate of drug-likeness (QED) is 0.333. The van der Waals surface area contributed by atoms with E-state index in [1.165, 1.54) is 6.40 Å². The number of hydrogen-bond donors (Lipinski definition) is 0. The van der Waals surface area contributed by atoms with Crippen LogP contribution in [0, 0.1) is 0 Å². The molecule has 0 aliphatic rings. The van der Waals surface area contributed by atoms with Crippen LogP contribution in [0.3, 0.4) is 0 Å². The van der Waals surface area contributed by atoms with Gasteiger partial charge < -0.3 is 4.74 Å². The van der Waals surface area contributed by atoms with Gasteiger partial charge in [-0.25, -0.2) is 0 Å². The minimum Gasteiger partial charge on any atom is -0.484 e. The van der Waals surface area contributed by atoms with Gasteiger partial charge in [0.05, 0.1) is 13.2 Å². The second-order valence-electron chi connectivity index (χ2n) is 1.46. The molecule has 0 amide bonds. The molecule has 54 valence electrons. The summed E-state index contributed by atoms with van der Waals surface area (Å²) in [7, 11) is 0. The van der Waals surface area contributed by atoms with Crippen LogP contribution < -0.4 is 0 Å². The molecule has 0 aliphatic carbocycles. The van der Waals surface area contributed by atoms with Gasteiger partial charge in [-0.1, -0.05) is 0 Å². The van der Waals surface area contributed by atoms with Crippen molar-refractivity contribution in [3.05, 3.63) is 0 Å². The summed E-state index contributed by atoms with van der Waals surface area (Å²) in [6.07, 6.45) is 3.59. The van der Waals surface area contributed by atoms with Crippen molar-refractivity contribution in [2.45, 2.75) is 6.92 Å². The fraction of sp³-hybridized carbons (Fsp3) is 0.833. The maximum Gasteiger partial charge on any atom is 0.169 e. The number of ether oxygens (including phenoxy) is 1. The lowest BCUT2D eigenvalue weighted by molar-refractivity contribution is 0.342. The monoisotopic (exact) mass is 147 g/mol. The number of rotatable bonds is 5. The fourth-order valence-corrected chi connectivity index (χ4v) is 0.612. The van der Waals surface area contributed by atoms with Crippen LogP contribution >= 0.6 is 11.8 Å². The maximum absolute atomic E-state index is 4.88. The Morgan fingerprint density at radius 1 is 1.67 bits per heavy atom. The molecule has 0 aromatic carbocycles. The van der Waals surface area contributed by atoms with Gasteiger partial charge in [-0.05, 0) is 13.2 Å². The number of thioether (sulfide) groups is 1. The Morgan fingerprint density at radius 3 is 3.00 bits per heavy atom. The summed E-state index contributed by atoms with van der Waals surface area (Å²) < 4.78 is 4.88. The number of hydrogen-bond acceptors (Lipinski definition) is 3. The van der Waals surface area contributed by atoms with Crippen molar-refractivity contribution in [1.82, 2.24) is 0 Å². The lowest BCUT2D eigenvalue weighted by atomic mass is 10.8. The third-order valence-electron chi connectivity index (χ3n) is 0.740. The summed E-state index contributed by atoms with van der Waals surface area (Å²) in [4.78, 5) is 3.98. The highest BCUT2D eigenvalue weighted by atomic mass is 32.2. The third-order valence-corrected chi connectivity index (χ3v) is 1.33. The molecule has 0 fully saturated rings. The van der Waals surface area contributed by atoms with E-state index < -0.39 is 0 Å². The van der Waals surface area contributed by atoms with Gasteiger partial charge in [0.15, 0.2) is 6.40 Å². The first-order valence-corrected chi connectivity index (χ1v) is 4.40. The summed E-state index contributed by atoms with van der Waals surface area (Å²) in [6.45, 7) is 3.52. The summed E-state index contributed by atoms with van der Waals surface area (Å²) in [6, 6.07) is 0. The van der Waals surface area contributed by atoms with Gasteiger partial charge in [-0.3, -0.25) is 4.99 Å². The van der Waals surface area contributed by atoms with Crippen molar-refractivity contribution in [2.75, 3.05) is 25.2 Å². The van der Waals surface area contributed by atoms with Crippen molar-refractivity contribution in [3.63, 3.8) is 0 Å². The molecule has 0 aliphatic heterocycles. The predicted octanol–water partition coefficient (Wildman–Crippen LogP) is 1.41. The van der Waals surface area contributed by atoms with E-state index in [9.17, 15) is 0 Å². The second kappa shape index (κ2) is 7.82. The van der Waals surface area contributed by atoms with Crippen molar-refractivity contribution in [1.29, 1.82) is 0 Å². The summed E-state index contributed by atoms with van der Waals surface area (Å²) in [5, 5.41) is 0. The molecule has 2 nitrogen and oxygen atoms in total. The van der Waals surface area contributed by atoms with Gasteiger partial charge in [0.25, 0.3) is 0 Å². The van der Waals surface area contributed by atoms with Crippen LogP contribution in [0.1, 0.15) is 6.92 Å². The lowest BCUT2D eigenvalue weighted by Crippen LogP contribution is -1.88. The molecule has 0 unspecified atom stereocenters. The van der Waals surface area contributed by atoms with Gasteiger partial charge in [-0.2, -0.15) is 11.8 Å². The minimum absolute atomic E-state index is 0.711. The molecule has 0 saturated carbocycles. The zero-order valence-corrected chi connectivity index (χ0v) is 6.78. The highest BCUT2D eigenvalue weighted by Gasteiger charge is 1.76. The second-order valence-corrected chi connectivity index (χ2v) is 2.45. The third kappa shape index (κ3) is 7.82. The first-order chi connectivity index (χ1) is 4.41. The standard InChI is InChI=1S/C6H13NOS/c1-3-8-6-7-4-5-9-2/h6H,3-5H2,1-2H3. The van der Waals surface area contributed by atoms with E-state index >= 15 is 0 Å². The molecule has 0 aromatic heterocycles. The molecule has 0 heterocycles. The summed E-state index contributed by atoms with van der Waals surface area (Å²) >= 11 is 1.79. The molecule has 0 saturated heterocycles. The SMILES string of the molecule is CCOC=NCCSC. The Labute approximate surface area is 60.7 Å². The largest absolute Gasteiger partial charge is 0.484 e. The Morgan fingerprint density at radius 2 is 2.44 bits per heavy atom. The first-order valence-electron chi connectivity index (χ1n) is 3.00. The number of aliphatic imine (C=N–C) groups is 1. The van der Waals surface area contributed by atoms with Crippen molar-refractivity contribution >= 4 is 18.2 Å². The Kier molecular flexibility index (Phi) is 7.66. The van der Waals surface area contributed by atoms with Crippen LogP contribution in [0.2, 0.25) is 0 Å². The van der Waals surface area contributed by atoms with Gasteiger partial charge in [0.2, 0.25) is 0 Å². The molecule has 0 aromatic rings. The average Bonchev–Trinajstić information content (AvgIpc) is 1.89. The highest BCUT2D eigenvalue weighted by molar-refractivity contribution is 7.98. The van der Waals surface area contributed by atoms with Crippen LogP contribution in [0.25, 0.3) is 0 Å². The van der Waals surface area contributed by atoms with E-state index in [0.717, 1.165) is 12.3 Å². The molecule has 0 atom stereocenters. The zero-order valence-electron chi connectivity index (χ0n) is 5.96. The van der Waals surface area contributed by atoms with Crippen molar-refractivity contribution in [3.8, 4) is 0 Å². The molecular weight excluding hydrogens is 134 g/mol. The molecular formula is C6H13NOS. The normalized spacial score (nSPS) is 10.4. The van der Waals surface area contributed by atoms with Crippen LogP contribution in [-0.2, 0) is 4.74 Å². The van der Waals surface area contributed by atoms with Crippen LogP contribution in [0.15, 0.2) is 4.99 Å². The minimum atomic E-state index is 0.711. The Bertz CT molecular complexity index is 75.5. The molecule has 3 heteroatoms. The van der Waals surface area contributed by atoms with Crippen LogP contribution in [0.4, 0.5) is 0 Å². The topological polar surface area (TPSA) is 21.6 Å². The molecule has 9 heavy (non-hydrogen) atoms. The summed E-state index contributed by atoms with van der Waals surface area (Å²) in [5.74, 6) is 1.07. The zero-order chi connectivity index (χ0) is 6.95. The van der Waals surface area contributed by atoms with Gasteiger partial charge in [0.1, 0.15) is 0 Å². The first kappa shape index (κ1) is 8.82. The Balaban J connectivity index is 2.86. The van der Waals surface area contributed by atoms with E-state index in [-0.39, 0.29) is 0 Å². The van der Waals surface area contributed by atoms with E-state index in [2.05, 4.69) is 11.2 Å². The van der Waals surface area contributed by atoms with Gasteiger partial charge in [-0.15, -0.1) is 0 Å². The smallest absolute Gasteiger partial charge is 0.169 e. The Hall–Kier alpha value is -0.180. The summed E-state index contributed by atoms with van der Waals surface area (Å²) in [5.41, 5.74) is 0. The molecule has 0 rings (SSSR count). The molecule has 0 spiro atoms. The van der Waals surface area contributed by atoms with Gasteiger partial charge in [0, 0.05) is 5.75 Å². The van der Waals surface area contributed by atoms with E-state index in [1.807, 2.05) is 6.92 Å². The van der Waals surface area contributed by atoms with E-state index in [1.54, 1.807) is 11.8 Å². The van der Waals surface area contributed by atoms with E-state index in [4.69, 9.17) is 4.74 Å². The van der Waals surface area contributed by atoms with Crippen LogP contribution in [0.5, 0.6) is 0 Å². The molecule has 0 bridgehead atoms. The average molecular weight is 147 g/mol. The fourth-order valence-electron chi connectivity index (χ4n) is 0.324.